The van der Waals surface area contributed by atoms with Gasteiger partial charge in [0.2, 0.25) is 0 Å². The summed E-state index contributed by atoms with van der Waals surface area (Å²) in [5.74, 6) is 0. The van der Waals surface area contributed by atoms with Crippen molar-refractivity contribution >= 4 is 6.08 Å². The molecule has 1 aromatic rings. The van der Waals surface area contributed by atoms with Gasteiger partial charge in [0.15, 0.2) is 0 Å². The Hall–Kier alpha value is -1.08. The standard InChI is InChI=1S/C12H16O/c1-11(2)13-10-6-9-12-7-4-3-5-8-12/h3-9,11H,10H2,1-2H3/b9-6+. The average Bonchev–Trinajstić information content (AvgIpc) is 2.14. The highest BCUT2D eigenvalue weighted by Crippen LogP contribution is 2.00. The van der Waals surface area contributed by atoms with E-state index < -0.39 is 0 Å². The molecule has 0 atom stereocenters. The first-order valence-corrected chi connectivity index (χ1v) is 4.62. The molecule has 0 aliphatic rings. The first-order valence-electron chi connectivity index (χ1n) is 4.62. The van der Waals surface area contributed by atoms with Gasteiger partial charge >= 0.3 is 0 Å². The van der Waals surface area contributed by atoms with E-state index in [1.54, 1.807) is 0 Å². The van der Waals surface area contributed by atoms with E-state index >= 15 is 0 Å². The lowest BCUT2D eigenvalue weighted by molar-refractivity contribution is 0.103. The van der Waals surface area contributed by atoms with Crippen molar-refractivity contribution in [3.63, 3.8) is 0 Å². The third-order valence-corrected chi connectivity index (χ3v) is 1.64. The highest BCUT2D eigenvalue weighted by Gasteiger charge is 1.88. The summed E-state index contributed by atoms with van der Waals surface area (Å²) in [4.78, 5) is 0. The Labute approximate surface area is 80.0 Å². The van der Waals surface area contributed by atoms with Crippen molar-refractivity contribution < 1.29 is 4.74 Å². The van der Waals surface area contributed by atoms with E-state index in [4.69, 9.17) is 4.74 Å². The van der Waals surface area contributed by atoms with Crippen LogP contribution in [-0.2, 0) is 4.74 Å². The van der Waals surface area contributed by atoms with Gasteiger partial charge in [-0.3, -0.25) is 0 Å². The lowest BCUT2D eigenvalue weighted by Gasteiger charge is -2.02. The minimum absolute atomic E-state index is 0.306. The quantitative estimate of drug-likeness (QED) is 0.685. The highest BCUT2D eigenvalue weighted by atomic mass is 16.5. The number of ether oxygens (including phenoxy) is 1. The van der Waals surface area contributed by atoms with Crippen LogP contribution in [0, 0.1) is 0 Å². The van der Waals surface area contributed by atoms with E-state index in [-0.39, 0.29) is 0 Å². The Morgan fingerprint density at radius 2 is 1.92 bits per heavy atom. The summed E-state index contributed by atoms with van der Waals surface area (Å²) >= 11 is 0. The molecular weight excluding hydrogens is 160 g/mol. The first kappa shape index (κ1) is 10.0. The minimum atomic E-state index is 0.306. The smallest absolute Gasteiger partial charge is 0.0654 e. The van der Waals surface area contributed by atoms with Crippen LogP contribution in [0.2, 0.25) is 0 Å². The molecule has 0 bridgehead atoms. The number of rotatable bonds is 4. The summed E-state index contributed by atoms with van der Waals surface area (Å²) in [6.07, 6.45) is 4.41. The van der Waals surface area contributed by atoms with Crippen LogP contribution < -0.4 is 0 Å². The summed E-state index contributed by atoms with van der Waals surface area (Å²) in [6.45, 7) is 4.76. The maximum atomic E-state index is 5.38. The largest absolute Gasteiger partial charge is 0.375 e. The maximum Gasteiger partial charge on any atom is 0.0654 e. The zero-order valence-corrected chi connectivity index (χ0v) is 8.23. The van der Waals surface area contributed by atoms with Gasteiger partial charge in [0.05, 0.1) is 12.7 Å². The normalized spacial score (nSPS) is 11.3. The molecule has 0 unspecified atom stereocenters. The lowest BCUT2D eigenvalue weighted by atomic mass is 10.2. The van der Waals surface area contributed by atoms with Crippen molar-refractivity contribution in [3.8, 4) is 0 Å². The summed E-state index contributed by atoms with van der Waals surface area (Å²) in [7, 11) is 0. The van der Waals surface area contributed by atoms with Gasteiger partial charge in [-0.05, 0) is 19.4 Å². The van der Waals surface area contributed by atoms with E-state index in [1.807, 2.05) is 38.1 Å². The Morgan fingerprint density at radius 3 is 2.54 bits per heavy atom. The molecule has 13 heavy (non-hydrogen) atoms. The molecule has 0 amide bonds. The molecule has 0 heterocycles. The molecule has 1 rings (SSSR count). The molecular formula is C12H16O. The monoisotopic (exact) mass is 176 g/mol. The second-order valence-corrected chi connectivity index (χ2v) is 3.20. The molecule has 1 heteroatoms. The molecule has 1 nitrogen and oxygen atoms in total. The third-order valence-electron chi connectivity index (χ3n) is 1.64. The van der Waals surface area contributed by atoms with E-state index in [2.05, 4.69) is 18.2 Å². The molecule has 0 saturated heterocycles. The van der Waals surface area contributed by atoms with Crippen LogP contribution in [0.5, 0.6) is 0 Å². The topological polar surface area (TPSA) is 9.23 Å². The fraction of sp³-hybridized carbons (Fsp3) is 0.333. The van der Waals surface area contributed by atoms with Gasteiger partial charge in [0, 0.05) is 0 Å². The van der Waals surface area contributed by atoms with Crippen molar-refractivity contribution in [1.29, 1.82) is 0 Å². The Balaban J connectivity index is 2.33. The van der Waals surface area contributed by atoms with E-state index in [1.165, 1.54) is 5.56 Å². The Kier molecular flexibility index (Phi) is 4.27. The van der Waals surface area contributed by atoms with Gasteiger partial charge in [-0.2, -0.15) is 0 Å². The van der Waals surface area contributed by atoms with Gasteiger partial charge in [-0.25, -0.2) is 0 Å². The van der Waals surface area contributed by atoms with Gasteiger partial charge in [0.25, 0.3) is 0 Å². The second-order valence-electron chi connectivity index (χ2n) is 3.20. The highest BCUT2D eigenvalue weighted by molar-refractivity contribution is 5.48. The van der Waals surface area contributed by atoms with E-state index in [9.17, 15) is 0 Å². The van der Waals surface area contributed by atoms with E-state index in [0.29, 0.717) is 12.7 Å². The summed E-state index contributed by atoms with van der Waals surface area (Å²) in [5, 5.41) is 0. The summed E-state index contributed by atoms with van der Waals surface area (Å²) in [6, 6.07) is 10.2. The van der Waals surface area contributed by atoms with Crippen LogP contribution in [0.4, 0.5) is 0 Å². The minimum Gasteiger partial charge on any atom is -0.375 e. The predicted molar refractivity (Wildman–Crippen MR) is 56.6 cm³/mol. The van der Waals surface area contributed by atoms with Crippen LogP contribution in [-0.4, -0.2) is 12.7 Å². The van der Waals surface area contributed by atoms with Gasteiger partial charge in [0.1, 0.15) is 0 Å². The Morgan fingerprint density at radius 1 is 1.23 bits per heavy atom. The van der Waals surface area contributed by atoms with Crippen LogP contribution in [0.1, 0.15) is 19.4 Å². The zero-order chi connectivity index (χ0) is 9.52. The number of benzene rings is 1. The van der Waals surface area contributed by atoms with Gasteiger partial charge < -0.3 is 4.74 Å². The summed E-state index contributed by atoms with van der Waals surface area (Å²) in [5.41, 5.74) is 1.22. The fourth-order valence-electron chi connectivity index (χ4n) is 0.996. The fourth-order valence-corrected chi connectivity index (χ4v) is 0.996. The first-order chi connectivity index (χ1) is 6.29. The zero-order valence-electron chi connectivity index (χ0n) is 8.23. The lowest BCUT2D eigenvalue weighted by Crippen LogP contribution is -2.01. The summed E-state index contributed by atoms with van der Waals surface area (Å²) < 4.78 is 5.38. The molecule has 0 aliphatic carbocycles. The van der Waals surface area contributed by atoms with Crippen molar-refractivity contribution in [2.75, 3.05) is 6.61 Å². The molecule has 1 aromatic carbocycles. The van der Waals surface area contributed by atoms with E-state index in [0.717, 1.165) is 0 Å². The van der Waals surface area contributed by atoms with Crippen molar-refractivity contribution in [2.24, 2.45) is 0 Å². The Bertz CT molecular complexity index is 249. The molecule has 0 spiro atoms. The average molecular weight is 176 g/mol. The molecule has 0 aliphatic heterocycles. The second kappa shape index (κ2) is 5.55. The SMILES string of the molecule is CC(C)OC/C=C/c1ccccc1. The van der Waals surface area contributed by atoms with Crippen molar-refractivity contribution in [3.05, 3.63) is 42.0 Å². The molecule has 0 radical (unpaired) electrons. The molecule has 0 aromatic heterocycles. The van der Waals surface area contributed by atoms with Gasteiger partial charge in [-0.1, -0.05) is 42.5 Å². The molecule has 0 N–H and O–H groups in total. The van der Waals surface area contributed by atoms with Crippen LogP contribution in [0.15, 0.2) is 36.4 Å². The van der Waals surface area contributed by atoms with Crippen molar-refractivity contribution in [1.82, 2.24) is 0 Å². The number of hydrogen-bond donors (Lipinski definition) is 0. The number of hydrogen-bond acceptors (Lipinski definition) is 1. The van der Waals surface area contributed by atoms with Crippen LogP contribution in [0.3, 0.4) is 0 Å². The van der Waals surface area contributed by atoms with Crippen LogP contribution >= 0.6 is 0 Å². The molecule has 0 fully saturated rings. The van der Waals surface area contributed by atoms with Crippen molar-refractivity contribution in [2.45, 2.75) is 20.0 Å². The molecule has 70 valence electrons. The third kappa shape index (κ3) is 4.48. The maximum absolute atomic E-state index is 5.38. The van der Waals surface area contributed by atoms with Gasteiger partial charge in [-0.15, -0.1) is 0 Å². The molecule has 0 saturated carbocycles. The van der Waals surface area contributed by atoms with Crippen LogP contribution in [0.25, 0.3) is 6.08 Å². The predicted octanol–water partition coefficient (Wildman–Crippen LogP) is 3.12.